The van der Waals surface area contributed by atoms with Crippen LogP contribution in [-0.2, 0) is 0 Å². The van der Waals surface area contributed by atoms with Gasteiger partial charge in [0.05, 0.1) is 0 Å². The summed E-state index contributed by atoms with van der Waals surface area (Å²) in [5.74, 6) is 0. The summed E-state index contributed by atoms with van der Waals surface area (Å²) in [6.45, 7) is 0. The van der Waals surface area contributed by atoms with Gasteiger partial charge in [0.25, 0.3) is 0 Å². The largest absolute Gasteiger partial charge is 0.879 e. The molecule has 0 spiro atoms. The summed E-state index contributed by atoms with van der Waals surface area (Å²) in [6, 6.07) is 0. The Morgan fingerprint density at radius 1 is 1.25 bits per heavy atom. The molecular weight excluding hydrogens is 200 g/mol. The fraction of sp³-hybridized carbons (Fsp3) is 0. The van der Waals surface area contributed by atoms with Gasteiger partial charge in [-0.15, -0.1) is 0 Å². The van der Waals surface area contributed by atoms with E-state index in [2.05, 4.69) is 0 Å². The molecule has 0 saturated carbocycles. The summed E-state index contributed by atoms with van der Waals surface area (Å²) in [6.07, 6.45) is 0. The molecule has 0 aliphatic rings. The van der Waals surface area contributed by atoms with E-state index in [-0.39, 0.29) is 48.9 Å². The van der Waals surface area contributed by atoms with Gasteiger partial charge in [0.2, 0.25) is 0 Å². The summed E-state index contributed by atoms with van der Waals surface area (Å²) < 4.78 is 19.5. The quantitative estimate of drug-likeness (QED) is 0.466. The minimum atomic E-state index is -2.58. The SMILES string of the molecule is [BaH2].[F][Mg][F]. The van der Waals surface area contributed by atoms with Gasteiger partial charge in [0.15, 0.2) is 0 Å². The molecule has 0 saturated heterocycles. The number of halogens is 2. The molecule has 4 heavy (non-hydrogen) atoms. The molecular formula is H2BaF2Mg. The third-order valence-electron chi connectivity index (χ3n) is 0. The van der Waals surface area contributed by atoms with Crippen LogP contribution < -0.4 is 0 Å². The maximum Gasteiger partial charge on any atom is 0.879 e. The van der Waals surface area contributed by atoms with Crippen molar-refractivity contribution in [1.82, 2.24) is 0 Å². The molecule has 0 heterocycles. The first kappa shape index (κ1) is 9.50. The van der Waals surface area contributed by atoms with E-state index in [1.54, 1.807) is 0 Å². The molecule has 0 aromatic heterocycles. The van der Waals surface area contributed by atoms with Crippen molar-refractivity contribution in [3.8, 4) is 0 Å². The number of hydrogen-bond acceptors (Lipinski definition) is 0. The third kappa shape index (κ3) is 8.89. The maximum atomic E-state index is 9.76. The second kappa shape index (κ2) is 8.96. The minimum absolute atomic E-state index is 0. The fourth-order valence-electron chi connectivity index (χ4n) is 0. The van der Waals surface area contributed by atoms with E-state index in [0.29, 0.717) is 0 Å². The van der Waals surface area contributed by atoms with Crippen molar-refractivity contribution >= 4 is 70.4 Å². The molecule has 0 radical (unpaired) electrons. The van der Waals surface area contributed by atoms with Crippen LogP contribution in [-0.4, -0.2) is 70.4 Å². The van der Waals surface area contributed by atoms with Crippen LogP contribution in [0.3, 0.4) is 0 Å². The van der Waals surface area contributed by atoms with Gasteiger partial charge in [0.1, 0.15) is 0 Å². The van der Waals surface area contributed by atoms with Crippen LogP contribution in [0.25, 0.3) is 0 Å². The Morgan fingerprint density at radius 3 is 1.25 bits per heavy atom. The standard InChI is InChI=1S/Ba.2FH.Mg.2H/h;2*1H;;;/q;;;+2;;/p-2. The first-order valence-electron chi connectivity index (χ1n) is 0.535. The van der Waals surface area contributed by atoms with Gasteiger partial charge in [-0.05, 0) is 0 Å². The van der Waals surface area contributed by atoms with Crippen molar-refractivity contribution in [2.45, 2.75) is 0 Å². The van der Waals surface area contributed by atoms with Gasteiger partial charge in [-0.3, -0.25) is 0 Å². The molecule has 0 N–H and O–H groups in total. The maximum absolute atomic E-state index is 9.76. The molecule has 0 amide bonds. The summed E-state index contributed by atoms with van der Waals surface area (Å²) in [7, 11) is 0. The molecule has 0 aliphatic heterocycles. The van der Waals surface area contributed by atoms with E-state index < -0.39 is 21.5 Å². The third-order valence-corrected chi connectivity index (χ3v) is 0. The van der Waals surface area contributed by atoms with E-state index >= 15 is 0 Å². The second-order valence-electron chi connectivity index (χ2n) is 0.101. The molecule has 0 nitrogen and oxygen atoms in total. The van der Waals surface area contributed by atoms with Crippen LogP contribution >= 0.6 is 0 Å². The zero-order valence-electron chi connectivity index (χ0n) is 1.46. The number of hydrogen-bond donors (Lipinski definition) is 0. The number of rotatable bonds is 0. The zero-order chi connectivity index (χ0) is 2.71. The Labute approximate surface area is 74.6 Å². The van der Waals surface area contributed by atoms with Crippen molar-refractivity contribution in [2.75, 3.05) is 0 Å². The van der Waals surface area contributed by atoms with Crippen LogP contribution in [0.15, 0.2) is 0 Å². The molecule has 0 aromatic rings. The van der Waals surface area contributed by atoms with Gasteiger partial charge in [-0.1, -0.05) is 0 Å². The Balaban J connectivity index is 0. The normalized spacial score (nSPS) is 2.50. The smallest absolute Gasteiger partial charge is 0.440 e. The van der Waals surface area contributed by atoms with Crippen molar-refractivity contribution in [3.63, 3.8) is 0 Å². The van der Waals surface area contributed by atoms with Crippen LogP contribution in [0.4, 0.5) is 5.91 Å². The van der Waals surface area contributed by atoms with Crippen LogP contribution in [0, 0.1) is 0 Å². The van der Waals surface area contributed by atoms with Crippen LogP contribution in [0.5, 0.6) is 0 Å². The molecule has 0 atom stereocenters. The van der Waals surface area contributed by atoms with Gasteiger partial charge in [0, 0.05) is 0 Å². The van der Waals surface area contributed by atoms with E-state index in [1.165, 1.54) is 0 Å². The van der Waals surface area contributed by atoms with Gasteiger partial charge in [-0.25, -0.2) is 0 Å². The Kier molecular flexibility index (Phi) is 21.3. The van der Waals surface area contributed by atoms with Crippen molar-refractivity contribution in [3.05, 3.63) is 0 Å². The van der Waals surface area contributed by atoms with E-state index in [9.17, 15) is 5.91 Å². The first-order chi connectivity index (χ1) is 1.41. The Morgan fingerprint density at radius 2 is 1.25 bits per heavy atom. The zero-order valence-corrected chi connectivity index (χ0v) is 2.88. The predicted molar refractivity (Wildman–Crippen MR) is 16.5 cm³/mol. The molecule has 0 bridgehead atoms. The van der Waals surface area contributed by atoms with Crippen molar-refractivity contribution < 1.29 is 5.91 Å². The van der Waals surface area contributed by atoms with Gasteiger partial charge < -0.3 is 5.91 Å². The monoisotopic (exact) mass is 202 g/mol. The molecule has 20 valence electrons. The average Bonchev–Trinajstić information content (AvgIpc) is 0.918. The Hall–Kier alpha value is 2.20. The van der Waals surface area contributed by atoms with Gasteiger partial charge in [-0.2, -0.15) is 0 Å². The average molecular weight is 202 g/mol. The summed E-state index contributed by atoms with van der Waals surface area (Å²) in [5.41, 5.74) is 0. The van der Waals surface area contributed by atoms with Crippen LogP contribution in [0.1, 0.15) is 0 Å². The van der Waals surface area contributed by atoms with E-state index in [0.717, 1.165) is 0 Å². The molecule has 0 unspecified atom stereocenters. The minimum Gasteiger partial charge on any atom is -0.440 e. The van der Waals surface area contributed by atoms with Crippen molar-refractivity contribution in [2.24, 2.45) is 0 Å². The summed E-state index contributed by atoms with van der Waals surface area (Å²) in [5, 5.41) is 0. The molecule has 0 aromatic carbocycles. The predicted octanol–water partition coefficient (Wildman–Crippen LogP) is -0.457. The second-order valence-corrected chi connectivity index (χ2v) is 0.303. The summed E-state index contributed by atoms with van der Waals surface area (Å²) >= 11 is -2.58. The van der Waals surface area contributed by atoms with Crippen LogP contribution in [0.2, 0.25) is 0 Å². The Bertz CT molecular complexity index is 6.00. The molecule has 0 fully saturated rings. The van der Waals surface area contributed by atoms with E-state index in [4.69, 9.17) is 0 Å². The fourth-order valence-corrected chi connectivity index (χ4v) is 0. The molecule has 0 aliphatic carbocycles. The van der Waals surface area contributed by atoms with E-state index in [1.807, 2.05) is 0 Å². The molecule has 0 rings (SSSR count). The first-order valence-corrected chi connectivity index (χ1v) is 1.60. The summed E-state index contributed by atoms with van der Waals surface area (Å²) in [4.78, 5) is 0. The molecule has 4 heteroatoms. The van der Waals surface area contributed by atoms with Crippen molar-refractivity contribution in [1.29, 1.82) is 0 Å². The topological polar surface area (TPSA) is 0 Å². The van der Waals surface area contributed by atoms with Gasteiger partial charge >= 0.3 is 70.4 Å².